The number of nitrogens with zero attached hydrogens (tertiary/aromatic N) is 2. The van der Waals surface area contributed by atoms with Crippen LogP contribution in [0.5, 0.6) is 0 Å². The van der Waals surface area contributed by atoms with Gasteiger partial charge in [0, 0.05) is 0 Å². The van der Waals surface area contributed by atoms with Crippen LogP contribution in [0.15, 0.2) is 5.51 Å². The van der Waals surface area contributed by atoms with E-state index in [1.54, 1.807) is 0 Å². The Bertz CT molecular complexity index is 341. The smallest absolute Gasteiger partial charge is 0.328 e. The lowest BCUT2D eigenvalue weighted by atomic mass is 10.3. The van der Waals surface area contributed by atoms with Gasteiger partial charge in [0.2, 0.25) is 5.13 Å². The van der Waals surface area contributed by atoms with Crippen molar-refractivity contribution in [1.29, 1.82) is 0 Å². The Balaban J connectivity index is 2.45. The molecule has 0 bridgehead atoms. The molecular weight excluding hydrogens is 224 g/mol. The molecule has 1 atom stereocenters. The molecule has 0 radical (unpaired) electrons. The number of aliphatic hydroxyl groups excluding tert-OH is 1. The van der Waals surface area contributed by atoms with Gasteiger partial charge in [0.05, 0.1) is 6.61 Å². The third-order valence-electron chi connectivity index (χ3n) is 1.37. The zero-order valence-electron chi connectivity index (χ0n) is 7.38. The number of aliphatic hydroxyl groups is 1. The monoisotopic (exact) mass is 232 g/mol. The number of urea groups is 1. The third-order valence-corrected chi connectivity index (χ3v) is 1.97. The SMILES string of the molecule is O=C(Nc1nncs1)NC(CO)C(=O)O. The van der Waals surface area contributed by atoms with Gasteiger partial charge in [-0.1, -0.05) is 11.3 Å². The molecular formula is C6H8N4O4S. The Morgan fingerprint density at radius 2 is 2.33 bits per heavy atom. The van der Waals surface area contributed by atoms with E-state index < -0.39 is 24.6 Å². The van der Waals surface area contributed by atoms with E-state index in [0.29, 0.717) is 0 Å². The molecule has 0 saturated carbocycles. The van der Waals surface area contributed by atoms with Gasteiger partial charge in [-0.2, -0.15) is 0 Å². The van der Waals surface area contributed by atoms with Crippen molar-refractivity contribution < 1.29 is 19.8 Å². The molecule has 2 amide bonds. The summed E-state index contributed by atoms with van der Waals surface area (Å²) in [6.07, 6.45) is 0. The minimum atomic E-state index is -1.34. The summed E-state index contributed by atoms with van der Waals surface area (Å²) in [5, 5.41) is 28.7. The van der Waals surface area contributed by atoms with Crippen LogP contribution in [0, 0.1) is 0 Å². The van der Waals surface area contributed by atoms with E-state index in [9.17, 15) is 9.59 Å². The number of rotatable bonds is 4. The fourth-order valence-electron chi connectivity index (χ4n) is 0.704. The number of carbonyl (C=O) groups is 2. The van der Waals surface area contributed by atoms with Gasteiger partial charge in [0.1, 0.15) is 5.51 Å². The standard InChI is InChI=1S/C6H8N4O4S/c11-1-3(4(12)13)8-5(14)9-6-10-7-2-15-6/h2-3,11H,1H2,(H,12,13)(H2,8,9,10,14). The van der Waals surface area contributed by atoms with Gasteiger partial charge in [0.25, 0.3) is 0 Å². The molecule has 15 heavy (non-hydrogen) atoms. The number of hydrogen-bond donors (Lipinski definition) is 4. The first-order chi connectivity index (χ1) is 7.13. The molecule has 0 saturated heterocycles. The zero-order valence-corrected chi connectivity index (χ0v) is 8.19. The second-order valence-corrected chi connectivity index (χ2v) is 3.25. The first-order valence-corrected chi connectivity index (χ1v) is 4.68. The molecule has 0 aromatic carbocycles. The minimum Gasteiger partial charge on any atom is -0.480 e. The van der Waals surface area contributed by atoms with E-state index in [-0.39, 0.29) is 5.13 Å². The molecule has 0 aliphatic heterocycles. The number of hydrogen-bond acceptors (Lipinski definition) is 6. The van der Waals surface area contributed by atoms with Crippen molar-refractivity contribution in [3.63, 3.8) is 0 Å². The van der Waals surface area contributed by atoms with E-state index in [2.05, 4.69) is 15.5 Å². The van der Waals surface area contributed by atoms with Gasteiger partial charge in [-0.25, -0.2) is 9.59 Å². The van der Waals surface area contributed by atoms with Crippen molar-refractivity contribution in [3.8, 4) is 0 Å². The summed E-state index contributed by atoms with van der Waals surface area (Å²) in [4.78, 5) is 21.6. The van der Waals surface area contributed by atoms with E-state index in [1.807, 2.05) is 5.32 Å². The molecule has 1 aromatic rings. The average molecular weight is 232 g/mol. The molecule has 0 fully saturated rings. The third kappa shape index (κ3) is 3.48. The predicted octanol–water partition coefficient (Wildman–Crippen LogP) is -0.895. The van der Waals surface area contributed by atoms with Gasteiger partial charge < -0.3 is 15.5 Å². The molecule has 8 nitrogen and oxygen atoms in total. The predicted molar refractivity (Wildman–Crippen MR) is 50.6 cm³/mol. The Labute approximate surface area is 88.0 Å². The average Bonchev–Trinajstić information content (AvgIpc) is 2.66. The highest BCUT2D eigenvalue weighted by atomic mass is 32.1. The number of carbonyl (C=O) groups excluding carboxylic acids is 1. The molecule has 1 heterocycles. The highest BCUT2D eigenvalue weighted by Gasteiger charge is 2.18. The van der Waals surface area contributed by atoms with Crippen LogP contribution >= 0.6 is 11.3 Å². The van der Waals surface area contributed by atoms with Crippen molar-refractivity contribution >= 4 is 28.5 Å². The van der Waals surface area contributed by atoms with Crippen LogP contribution in [0.2, 0.25) is 0 Å². The minimum absolute atomic E-state index is 0.245. The Kier molecular flexibility index (Phi) is 3.94. The summed E-state index contributed by atoms with van der Waals surface area (Å²) in [7, 11) is 0. The van der Waals surface area contributed by atoms with Crippen LogP contribution in [0.4, 0.5) is 9.93 Å². The lowest BCUT2D eigenvalue weighted by molar-refractivity contribution is -0.140. The largest absolute Gasteiger partial charge is 0.480 e. The summed E-state index contributed by atoms with van der Waals surface area (Å²) in [5.41, 5.74) is 1.41. The fraction of sp³-hybridized carbons (Fsp3) is 0.333. The molecule has 82 valence electrons. The van der Waals surface area contributed by atoms with Gasteiger partial charge in [-0.3, -0.25) is 5.32 Å². The molecule has 0 aliphatic rings. The van der Waals surface area contributed by atoms with Crippen molar-refractivity contribution in [2.24, 2.45) is 0 Å². The van der Waals surface area contributed by atoms with Crippen LogP contribution in [-0.2, 0) is 4.79 Å². The zero-order chi connectivity index (χ0) is 11.3. The van der Waals surface area contributed by atoms with Crippen molar-refractivity contribution in [2.45, 2.75) is 6.04 Å². The number of carboxylic acids is 1. The van der Waals surface area contributed by atoms with Gasteiger partial charge in [-0.05, 0) is 0 Å². The second kappa shape index (κ2) is 5.22. The van der Waals surface area contributed by atoms with Crippen molar-refractivity contribution in [3.05, 3.63) is 5.51 Å². The summed E-state index contributed by atoms with van der Waals surface area (Å²) < 4.78 is 0. The molecule has 9 heteroatoms. The second-order valence-electron chi connectivity index (χ2n) is 2.42. The highest BCUT2D eigenvalue weighted by molar-refractivity contribution is 7.13. The Hall–Kier alpha value is -1.74. The fourth-order valence-corrected chi connectivity index (χ4v) is 1.14. The number of carboxylic acid groups (broad SMARTS) is 1. The van der Waals surface area contributed by atoms with E-state index in [4.69, 9.17) is 10.2 Å². The summed E-state index contributed by atoms with van der Waals surface area (Å²) in [5.74, 6) is -1.31. The molecule has 4 N–H and O–H groups in total. The highest BCUT2D eigenvalue weighted by Crippen LogP contribution is 2.07. The molecule has 1 unspecified atom stereocenters. The van der Waals surface area contributed by atoms with Gasteiger partial charge >= 0.3 is 12.0 Å². The van der Waals surface area contributed by atoms with Crippen molar-refractivity contribution in [1.82, 2.24) is 15.5 Å². The lowest BCUT2D eigenvalue weighted by Crippen LogP contribution is -2.45. The number of amides is 2. The Morgan fingerprint density at radius 3 is 2.80 bits per heavy atom. The Morgan fingerprint density at radius 1 is 1.60 bits per heavy atom. The van der Waals surface area contributed by atoms with Crippen LogP contribution in [0.25, 0.3) is 0 Å². The number of anilines is 1. The van der Waals surface area contributed by atoms with Gasteiger partial charge in [0.15, 0.2) is 6.04 Å². The molecule has 0 spiro atoms. The molecule has 1 aromatic heterocycles. The van der Waals surface area contributed by atoms with E-state index in [1.165, 1.54) is 5.51 Å². The molecule has 1 rings (SSSR count). The van der Waals surface area contributed by atoms with Crippen LogP contribution < -0.4 is 10.6 Å². The van der Waals surface area contributed by atoms with E-state index >= 15 is 0 Å². The topological polar surface area (TPSA) is 124 Å². The number of aliphatic carboxylic acids is 1. The number of nitrogens with one attached hydrogen (secondary N) is 2. The van der Waals surface area contributed by atoms with Crippen LogP contribution in [-0.4, -0.2) is 45.1 Å². The summed E-state index contributed by atoms with van der Waals surface area (Å²) in [6, 6.07) is -2.09. The summed E-state index contributed by atoms with van der Waals surface area (Å²) >= 11 is 1.09. The first kappa shape index (κ1) is 11.3. The maximum atomic E-state index is 11.1. The van der Waals surface area contributed by atoms with Crippen LogP contribution in [0.1, 0.15) is 0 Å². The number of aromatic nitrogens is 2. The lowest BCUT2D eigenvalue weighted by Gasteiger charge is -2.10. The maximum Gasteiger partial charge on any atom is 0.328 e. The first-order valence-electron chi connectivity index (χ1n) is 3.81. The quantitative estimate of drug-likeness (QED) is 0.533. The van der Waals surface area contributed by atoms with E-state index in [0.717, 1.165) is 11.3 Å². The normalized spacial score (nSPS) is 11.8. The van der Waals surface area contributed by atoms with Crippen LogP contribution in [0.3, 0.4) is 0 Å². The maximum absolute atomic E-state index is 11.1. The van der Waals surface area contributed by atoms with Gasteiger partial charge in [-0.15, -0.1) is 10.2 Å². The summed E-state index contributed by atoms with van der Waals surface area (Å²) in [6.45, 7) is -0.682. The van der Waals surface area contributed by atoms with Crippen molar-refractivity contribution in [2.75, 3.05) is 11.9 Å². The molecule has 0 aliphatic carbocycles.